The summed E-state index contributed by atoms with van der Waals surface area (Å²) in [6, 6.07) is 54.5. The van der Waals surface area contributed by atoms with E-state index in [2.05, 4.69) is 0 Å². The third kappa shape index (κ3) is 8.18. The van der Waals surface area contributed by atoms with Crippen LogP contribution in [-0.4, -0.2) is 11.8 Å². The molecule has 0 saturated carbocycles. The van der Waals surface area contributed by atoms with E-state index in [0.717, 1.165) is 16.7 Å². The first-order valence-electron chi connectivity index (χ1n) is 16.0. The molecule has 0 aromatic heterocycles. The zero-order valence-corrected chi connectivity index (χ0v) is 28.5. The number of carbonyl (C=O) groups excluding carboxylic acids is 1. The van der Waals surface area contributed by atoms with Crippen molar-refractivity contribution in [3.05, 3.63) is 187 Å². The summed E-state index contributed by atoms with van der Waals surface area (Å²) in [5.74, 6) is 1.39. The van der Waals surface area contributed by atoms with Gasteiger partial charge in [0.2, 0.25) is 0 Å². The Bertz CT molecular complexity index is 1850. The Morgan fingerprint density at radius 3 is 1.39 bits per heavy atom. The molecule has 1 unspecified atom stereocenters. The van der Waals surface area contributed by atoms with Crippen LogP contribution in [0.4, 0.5) is 4.79 Å². The molecule has 6 aromatic carbocycles. The molecule has 6 nitrogen and oxygen atoms in total. The second-order valence-electron chi connectivity index (χ2n) is 12.1. The standard InChI is InChI=1S/C42H37O6P/c1-41(2,3)45-40(43)44-38-30-18-16-28-36(38)37-29-17-19-31-39(37)47-49(46-35-26-14-7-15-27-35)48-42(32-20-8-4-9-21-32,33-22-10-5-11-23-33)34-24-12-6-13-25-34/h4-31H,1-3H3. The van der Waals surface area contributed by atoms with Gasteiger partial charge < -0.3 is 18.5 Å². The third-order valence-corrected chi connectivity index (χ3v) is 8.62. The maximum Gasteiger partial charge on any atom is 0.514 e. The summed E-state index contributed by atoms with van der Waals surface area (Å²) in [6.07, 6.45) is -0.797. The van der Waals surface area contributed by atoms with E-state index >= 15 is 0 Å². The van der Waals surface area contributed by atoms with Crippen LogP contribution in [0.15, 0.2) is 170 Å². The van der Waals surface area contributed by atoms with Gasteiger partial charge in [-0.1, -0.05) is 146 Å². The molecular formula is C42H37O6P. The van der Waals surface area contributed by atoms with Crippen molar-refractivity contribution in [3.8, 4) is 28.4 Å². The second-order valence-corrected chi connectivity index (χ2v) is 13.1. The number of benzene rings is 6. The lowest BCUT2D eigenvalue weighted by atomic mass is 9.80. The Balaban J connectivity index is 1.46. The minimum atomic E-state index is -2.16. The highest BCUT2D eigenvalue weighted by Crippen LogP contribution is 2.54. The summed E-state index contributed by atoms with van der Waals surface area (Å²) in [5.41, 5.74) is 2.21. The van der Waals surface area contributed by atoms with Crippen LogP contribution in [0, 0.1) is 0 Å². The molecule has 0 radical (unpaired) electrons. The number of hydrogen-bond acceptors (Lipinski definition) is 6. The van der Waals surface area contributed by atoms with Crippen LogP contribution >= 0.6 is 8.60 Å². The van der Waals surface area contributed by atoms with E-state index in [4.69, 9.17) is 23.0 Å². The molecule has 0 aliphatic rings. The highest BCUT2D eigenvalue weighted by atomic mass is 31.2. The maximum absolute atomic E-state index is 12.7. The van der Waals surface area contributed by atoms with Crippen LogP contribution < -0.4 is 13.8 Å². The minimum Gasteiger partial charge on any atom is -0.428 e. The van der Waals surface area contributed by atoms with E-state index < -0.39 is 26.0 Å². The number of carbonyl (C=O) groups is 1. The topological polar surface area (TPSA) is 63.2 Å². The minimum absolute atomic E-state index is 0.328. The predicted molar refractivity (Wildman–Crippen MR) is 194 cm³/mol. The molecule has 6 rings (SSSR count). The smallest absolute Gasteiger partial charge is 0.428 e. The van der Waals surface area contributed by atoms with Crippen molar-refractivity contribution in [2.75, 3.05) is 0 Å². The molecule has 0 heterocycles. The average molecular weight is 669 g/mol. The Morgan fingerprint density at radius 2 is 0.898 bits per heavy atom. The number of ether oxygens (including phenoxy) is 2. The van der Waals surface area contributed by atoms with Gasteiger partial charge in [0.05, 0.1) is 0 Å². The van der Waals surface area contributed by atoms with Gasteiger partial charge in [-0.3, -0.25) is 4.52 Å². The van der Waals surface area contributed by atoms with E-state index in [-0.39, 0.29) is 0 Å². The maximum atomic E-state index is 12.7. The Labute approximate surface area is 288 Å². The molecule has 0 saturated heterocycles. The van der Waals surface area contributed by atoms with Crippen LogP contribution in [0.1, 0.15) is 37.5 Å². The zero-order chi connectivity index (χ0) is 34.1. The normalized spacial score (nSPS) is 12.1. The van der Waals surface area contributed by atoms with Crippen molar-refractivity contribution in [1.82, 2.24) is 0 Å². The first-order chi connectivity index (χ1) is 23.8. The predicted octanol–water partition coefficient (Wildman–Crippen LogP) is 11.4. The molecule has 7 heteroatoms. The first-order valence-corrected chi connectivity index (χ1v) is 17.1. The Kier molecular flexibility index (Phi) is 10.4. The summed E-state index contributed by atoms with van der Waals surface area (Å²) in [6.45, 7) is 5.37. The molecule has 0 spiro atoms. The Hall–Kier alpha value is -5.42. The van der Waals surface area contributed by atoms with Crippen molar-refractivity contribution in [1.29, 1.82) is 0 Å². The summed E-state index contributed by atoms with van der Waals surface area (Å²) >= 11 is 0. The fraction of sp³-hybridized carbons (Fsp3) is 0.119. The molecule has 0 bridgehead atoms. The van der Waals surface area contributed by atoms with Crippen molar-refractivity contribution in [2.24, 2.45) is 0 Å². The van der Waals surface area contributed by atoms with E-state index in [0.29, 0.717) is 28.4 Å². The summed E-state index contributed by atoms with van der Waals surface area (Å²) < 4.78 is 31.8. The lowest BCUT2D eigenvalue weighted by molar-refractivity contribution is 0.0207. The summed E-state index contributed by atoms with van der Waals surface area (Å²) in [7, 11) is -2.16. The summed E-state index contributed by atoms with van der Waals surface area (Å²) in [4.78, 5) is 12.7. The van der Waals surface area contributed by atoms with Crippen LogP contribution in [0.3, 0.4) is 0 Å². The van der Waals surface area contributed by atoms with Gasteiger partial charge in [-0.15, -0.1) is 0 Å². The van der Waals surface area contributed by atoms with Crippen molar-refractivity contribution in [3.63, 3.8) is 0 Å². The number of hydrogen-bond donors (Lipinski definition) is 0. The molecule has 246 valence electrons. The van der Waals surface area contributed by atoms with E-state index in [1.54, 1.807) is 32.9 Å². The molecule has 49 heavy (non-hydrogen) atoms. The van der Waals surface area contributed by atoms with Gasteiger partial charge >= 0.3 is 14.8 Å². The fourth-order valence-electron chi connectivity index (χ4n) is 5.40. The third-order valence-electron chi connectivity index (χ3n) is 7.50. The van der Waals surface area contributed by atoms with Crippen LogP contribution in [0.25, 0.3) is 11.1 Å². The molecule has 0 aliphatic carbocycles. The van der Waals surface area contributed by atoms with Crippen LogP contribution in [0.5, 0.6) is 17.2 Å². The lowest BCUT2D eigenvalue weighted by Gasteiger charge is -2.37. The van der Waals surface area contributed by atoms with Gasteiger partial charge in [-0.05, 0) is 61.7 Å². The molecule has 0 N–H and O–H groups in total. The van der Waals surface area contributed by atoms with Gasteiger partial charge in [0.15, 0.2) is 5.60 Å². The fourth-order valence-corrected chi connectivity index (χ4v) is 6.66. The van der Waals surface area contributed by atoms with Gasteiger partial charge in [0.1, 0.15) is 22.8 Å². The monoisotopic (exact) mass is 668 g/mol. The highest BCUT2D eigenvalue weighted by molar-refractivity contribution is 7.42. The van der Waals surface area contributed by atoms with Gasteiger partial charge in [-0.2, -0.15) is 0 Å². The second kappa shape index (κ2) is 15.2. The van der Waals surface area contributed by atoms with Crippen molar-refractivity contribution in [2.45, 2.75) is 32.0 Å². The largest absolute Gasteiger partial charge is 0.514 e. The van der Waals surface area contributed by atoms with Gasteiger partial charge in [0, 0.05) is 11.1 Å². The average Bonchev–Trinajstić information content (AvgIpc) is 3.12. The molecule has 0 fully saturated rings. The number of para-hydroxylation sites is 3. The van der Waals surface area contributed by atoms with Gasteiger partial charge in [0.25, 0.3) is 0 Å². The molecule has 1 atom stereocenters. The highest BCUT2D eigenvalue weighted by Gasteiger charge is 2.43. The molecule has 0 amide bonds. The zero-order valence-electron chi connectivity index (χ0n) is 27.6. The molecule has 6 aromatic rings. The van der Waals surface area contributed by atoms with Crippen LogP contribution in [0.2, 0.25) is 0 Å². The number of rotatable bonds is 11. The SMILES string of the molecule is CC(C)(C)OC(=O)Oc1ccccc1-c1ccccc1OP(Oc1ccccc1)OC(c1ccccc1)(c1ccccc1)c1ccccc1. The van der Waals surface area contributed by atoms with Crippen molar-refractivity contribution >= 4 is 14.8 Å². The Morgan fingerprint density at radius 1 is 0.490 bits per heavy atom. The van der Waals surface area contributed by atoms with Crippen LogP contribution in [-0.2, 0) is 14.9 Å². The molecule has 0 aliphatic heterocycles. The van der Waals surface area contributed by atoms with Gasteiger partial charge in [-0.25, -0.2) is 4.79 Å². The quantitative estimate of drug-likeness (QED) is 0.0593. The lowest BCUT2D eigenvalue weighted by Crippen LogP contribution is -2.32. The van der Waals surface area contributed by atoms with Crippen molar-refractivity contribution < 1.29 is 27.8 Å². The summed E-state index contributed by atoms with van der Waals surface area (Å²) in [5, 5.41) is 0. The van der Waals surface area contributed by atoms with E-state index in [1.807, 2.05) is 158 Å². The molecular weight excluding hydrogens is 631 g/mol. The van der Waals surface area contributed by atoms with E-state index in [9.17, 15) is 4.79 Å². The van der Waals surface area contributed by atoms with E-state index in [1.165, 1.54) is 0 Å². The first kappa shape index (κ1) is 33.5.